The van der Waals surface area contributed by atoms with Crippen molar-refractivity contribution in [2.24, 2.45) is 12.9 Å². The molecule has 4 N–H and O–H groups in total. The van der Waals surface area contributed by atoms with Crippen molar-refractivity contribution in [1.82, 2.24) is 24.7 Å². The third-order valence-electron chi connectivity index (χ3n) is 3.35. The van der Waals surface area contributed by atoms with E-state index in [1.54, 1.807) is 10.9 Å². The predicted octanol–water partition coefficient (Wildman–Crippen LogP) is 0.103. The molecule has 0 aromatic carbocycles. The predicted molar refractivity (Wildman–Crippen MR) is 79.6 cm³/mol. The number of hydrogen-bond acceptors (Lipinski definition) is 8. The van der Waals surface area contributed by atoms with Gasteiger partial charge in [-0.1, -0.05) is 0 Å². The third-order valence-corrected chi connectivity index (χ3v) is 3.35. The Hall–Kier alpha value is -2.42. The fourth-order valence-electron chi connectivity index (χ4n) is 2.31. The summed E-state index contributed by atoms with van der Waals surface area (Å²) in [5.41, 5.74) is 3.55. The van der Waals surface area contributed by atoms with Crippen LogP contribution in [0.15, 0.2) is 12.4 Å². The second kappa shape index (κ2) is 5.92. The second-order valence-electron chi connectivity index (χ2n) is 5.00. The van der Waals surface area contributed by atoms with Gasteiger partial charge in [0.2, 0.25) is 17.8 Å². The summed E-state index contributed by atoms with van der Waals surface area (Å²) in [6.45, 7) is 2.54. The van der Waals surface area contributed by atoms with Gasteiger partial charge in [0.1, 0.15) is 0 Å². The molecule has 0 atom stereocenters. The molecule has 21 heavy (non-hydrogen) atoms. The Kier molecular flexibility index (Phi) is 3.82. The van der Waals surface area contributed by atoms with E-state index in [0.29, 0.717) is 24.4 Å². The van der Waals surface area contributed by atoms with Crippen LogP contribution in [0.3, 0.4) is 0 Å². The average molecular weight is 289 g/mol. The van der Waals surface area contributed by atoms with Crippen LogP contribution in [0.2, 0.25) is 0 Å². The maximum Gasteiger partial charge on any atom is 0.243 e. The summed E-state index contributed by atoms with van der Waals surface area (Å²) in [5.74, 6) is 6.96. The first kappa shape index (κ1) is 13.6. The van der Waals surface area contributed by atoms with Crippen molar-refractivity contribution >= 4 is 17.8 Å². The Bertz CT molecular complexity index is 603. The Morgan fingerprint density at radius 1 is 1.19 bits per heavy atom. The lowest BCUT2D eigenvalue weighted by Gasteiger charge is -2.16. The number of nitrogens with zero attached hydrogens (tertiary/aromatic N) is 6. The van der Waals surface area contributed by atoms with Gasteiger partial charge in [0, 0.05) is 38.4 Å². The van der Waals surface area contributed by atoms with Gasteiger partial charge in [0.05, 0.1) is 6.20 Å². The Balaban J connectivity index is 1.75. The van der Waals surface area contributed by atoms with E-state index >= 15 is 0 Å². The molecule has 9 nitrogen and oxygen atoms in total. The average Bonchev–Trinajstić information content (AvgIpc) is 3.16. The van der Waals surface area contributed by atoms with Crippen LogP contribution < -0.4 is 21.5 Å². The summed E-state index contributed by atoms with van der Waals surface area (Å²) >= 11 is 0. The van der Waals surface area contributed by atoms with E-state index in [2.05, 4.69) is 35.7 Å². The number of hydrazine groups is 1. The maximum absolute atomic E-state index is 5.43. The third kappa shape index (κ3) is 3.19. The highest BCUT2D eigenvalue weighted by molar-refractivity contribution is 5.44. The van der Waals surface area contributed by atoms with Gasteiger partial charge in [-0.15, -0.1) is 0 Å². The van der Waals surface area contributed by atoms with Crippen LogP contribution in [0.25, 0.3) is 0 Å². The summed E-state index contributed by atoms with van der Waals surface area (Å²) in [4.78, 5) is 15.1. The number of aromatic nitrogens is 5. The van der Waals surface area contributed by atoms with Crippen molar-refractivity contribution < 1.29 is 0 Å². The smallest absolute Gasteiger partial charge is 0.243 e. The number of nitrogens with two attached hydrogens (primary N) is 1. The first-order valence-electron chi connectivity index (χ1n) is 6.93. The highest BCUT2D eigenvalue weighted by Crippen LogP contribution is 2.18. The van der Waals surface area contributed by atoms with E-state index in [9.17, 15) is 0 Å². The van der Waals surface area contributed by atoms with E-state index in [1.165, 1.54) is 0 Å². The molecule has 0 radical (unpaired) electrons. The quantitative estimate of drug-likeness (QED) is 0.525. The molecule has 0 saturated carbocycles. The molecule has 1 fully saturated rings. The van der Waals surface area contributed by atoms with Gasteiger partial charge in [-0.05, 0) is 12.8 Å². The van der Waals surface area contributed by atoms with Gasteiger partial charge in [-0.25, -0.2) is 5.84 Å². The molecular formula is C12H19N9. The van der Waals surface area contributed by atoms with Gasteiger partial charge >= 0.3 is 0 Å². The van der Waals surface area contributed by atoms with Crippen LogP contribution >= 0.6 is 0 Å². The second-order valence-corrected chi connectivity index (χ2v) is 5.00. The standard InChI is InChI=1S/C12H19N9/c1-20-8-9(7-15-20)6-14-10-16-11(19-13)18-12(17-10)21-4-2-3-5-21/h7-8H,2-6,13H2,1H3,(H2,14,16,17,18,19). The van der Waals surface area contributed by atoms with Crippen LogP contribution in [-0.2, 0) is 13.6 Å². The van der Waals surface area contributed by atoms with E-state index in [0.717, 1.165) is 31.5 Å². The van der Waals surface area contributed by atoms with Gasteiger partial charge in [-0.3, -0.25) is 10.1 Å². The molecule has 1 aliphatic heterocycles. The largest absolute Gasteiger partial charge is 0.350 e. The number of anilines is 3. The van der Waals surface area contributed by atoms with Crippen LogP contribution in [-0.4, -0.2) is 37.8 Å². The lowest BCUT2D eigenvalue weighted by Crippen LogP contribution is -2.23. The van der Waals surface area contributed by atoms with Crippen molar-refractivity contribution in [3.8, 4) is 0 Å². The summed E-state index contributed by atoms with van der Waals surface area (Å²) in [7, 11) is 1.88. The number of hydrogen-bond donors (Lipinski definition) is 3. The van der Waals surface area contributed by atoms with E-state index in [1.807, 2.05) is 13.2 Å². The Morgan fingerprint density at radius 3 is 2.62 bits per heavy atom. The molecule has 0 amide bonds. The van der Waals surface area contributed by atoms with Gasteiger partial charge in [0.15, 0.2) is 0 Å². The van der Waals surface area contributed by atoms with Crippen LogP contribution in [0.1, 0.15) is 18.4 Å². The number of aryl methyl sites for hydroxylation is 1. The molecular weight excluding hydrogens is 270 g/mol. The number of rotatable bonds is 5. The van der Waals surface area contributed by atoms with Crippen molar-refractivity contribution in [3.05, 3.63) is 18.0 Å². The molecule has 0 bridgehead atoms. The van der Waals surface area contributed by atoms with Crippen LogP contribution in [0, 0.1) is 0 Å². The molecule has 3 rings (SSSR count). The lowest BCUT2D eigenvalue weighted by molar-refractivity contribution is 0.767. The first-order valence-corrected chi connectivity index (χ1v) is 6.93. The molecule has 1 saturated heterocycles. The molecule has 2 aromatic heterocycles. The van der Waals surface area contributed by atoms with E-state index in [-0.39, 0.29) is 0 Å². The number of nitrogen functional groups attached to an aromatic ring is 1. The monoisotopic (exact) mass is 289 g/mol. The minimum Gasteiger partial charge on any atom is -0.350 e. The van der Waals surface area contributed by atoms with Gasteiger partial charge in [-0.2, -0.15) is 20.1 Å². The molecule has 2 aromatic rings. The van der Waals surface area contributed by atoms with Crippen molar-refractivity contribution in [1.29, 1.82) is 0 Å². The zero-order valence-electron chi connectivity index (χ0n) is 12.0. The van der Waals surface area contributed by atoms with Gasteiger partial charge in [0.25, 0.3) is 0 Å². The highest BCUT2D eigenvalue weighted by Gasteiger charge is 2.17. The molecule has 112 valence electrons. The molecule has 0 unspecified atom stereocenters. The zero-order chi connectivity index (χ0) is 14.7. The summed E-state index contributed by atoms with van der Waals surface area (Å²) in [5, 5.41) is 7.30. The fourth-order valence-corrected chi connectivity index (χ4v) is 2.31. The van der Waals surface area contributed by atoms with Crippen molar-refractivity contribution in [2.45, 2.75) is 19.4 Å². The zero-order valence-corrected chi connectivity index (χ0v) is 12.0. The Labute approximate surface area is 122 Å². The van der Waals surface area contributed by atoms with Gasteiger partial charge < -0.3 is 10.2 Å². The molecule has 1 aliphatic rings. The maximum atomic E-state index is 5.43. The molecule has 9 heteroatoms. The molecule has 0 aliphatic carbocycles. The fraction of sp³-hybridized carbons (Fsp3) is 0.500. The van der Waals surface area contributed by atoms with E-state index < -0.39 is 0 Å². The molecule has 0 spiro atoms. The topological polar surface area (TPSA) is 110 Å². The van der Waals surface area contributed by atoms with E-state index in [4.69, 9.17) is 5.84 Å². The lowest BCUT2D eigenvalue weighted by atomic mass is 10.4. The van der Waals surface area contributed by atoms with Crippen molar-refractivity contribution in [2.75, 3.05) is 28.7 Å². The summed E-state index contributed by atoms with van der Waals surface area (Å²) < 4.78 is 1.76. The number of nitrogens with one attached hydrogen (secondary N) is 2. The SMILES string of the molecule is Cn1cc(CNc2nc(NN)nc(N3CCCC3)n2)cn1. The molecule has 3 heterocycles. The van der Waals surface area contributed by atoms with Crippen molar-refractivity contribution in [3.63, 3.8) is 0 Å². The highest BCUT2D eigenvalue weighted by atomic mass is 15.4. The normalized spacial score (nSPS) is 14.5. The van der Waals surface area contributed by atoms with Crippen LogP contribution in [0.5, 0.6) is 0 Å². The summed E-state index contributed by atoms with van der Waals surface area (Å²) in [6, 6.07) is 0. The van der Waals surface area contributed by atoms with Crippen LogP contribution in [0.4, 0.5) is 17.8 Å². The minimum atomic E-state index is 0.362. The first-order chi connectivity index (χ1) is 10.2. The minimum absolute atomic E-state index is 0.362. The Morgan fingerprint density at radius 2 is 1.95 bits per heavy atom. The summed E-state index contributed by atoms with van der Waals surface area (Å²) in [6.07, 6.45) is 6.07.